The zero-order chi connectivity index (χ0) is 14.8. The first kappa shape index (κ1) is 16.4. The van der Waals surface area contributed by atoms with Crippen LogP contribution in [0.15, 0.2) is 12.4 Å². The minimum Gasteiger partial charge on any atom is -0.369 e. The molecule has 0 bridgehead atoms. The Balaban J connectivity index is 2.39. The first-order valence-corrected chi connectivity index (χ1v) is 7.27. The van der Waals surface area contributed by atoms with Crippen LogP contribution in [-0.4, -0.2) is 53.5 Å². The highest BCUT2D eigenvalue weighted by Gasteiger charge is 2.08. The van der Waals surface area contributed by atoms with Gasteiger partial charge in [0, 0.05) is 19.6 Å². The summed E-state index contributed by atoms with van der Waals surface area (Å²) in [6.07, 6.45) is 4.12. The van der Waals surface area contributed by atoms with Gasteiger partial charge in [0.25, 0.3) is 5.91 Å². The average Bonchev–Trinajstić information content (AvgIpc) is 2.50. The van der Waals surface area contributed by atoms with Crippen LogP contribution in [0.3, 0.4) is 0 Å². The largest absolute Gasteiger partial charge is 0.369 e. The van der Waals surface area contributed by atoms with Crippen molar-refractivity contribution in [3.63, 3.8) is 0 Å². The third-order valence-corrected chi connectivity index (χ3v) is 3.05. The van der Waals surface area contributed by atoms with E-state index >= 15 is 0 Å². The molecule has 0 aliphatic heterocycles. The van der Waals surface area contributed by atoms with E-state index in [0.29, 0.717) is 18.1 Å². The molecule has 0 aliphatic rings. The van der Waals surface area contributed by atoms with Crippen LogP contribution in [0.5, 0.6) is 0 Å². The zero-order valence-corrected chi connectivity index (χ0v) is 12.6. The Morgan fingerprint density at radius 1 is 1.15 bits per heavy atom. The summed E-state index contributed by atoms with van der Waals surface area (Å²) >= 11 is 0. The molecule has 0 atom stereocenters. The van der Waals surface area contributed by atoms with Gasteiger partial charge in [-0.25, -0.2) is 9.97 Å². The van der Waals surface area contributed by atoms with Crippen molar-refractivity contribution in [3.8, 4) is 0 Å². The van der Waals surface area contributed by atoms with E-state index < -0.39 is 0 Å². The summed E-state index contributed by atoms with van der Waals surface area (Å²) < 4.78 is 0. The van der Waals surface area contributed by atoms with Gasteiger partial charge in [-0.1, -0.05) is 20.8 Å². The molecule has 20 heavy (non-hydrogen) atoms. The van der Waals surface area contributed by atoms with E-state index in [1.54, 1.807) is 6.20 Å². The van der Waals surface area contributed by atoms with Crippen LogP contribution < -0.4 is 10.6 Å². The zero-order valence-electron chi connectivity index (χ0n) is 12.6. The van der Waals surface area contributed by atoms with E-state index in [1.807, 2.05) is 0 Å². The van der Waals surface area contributed by atoms with Gasteiger partial charge in [0.2, 0.25) is 0 Å². The molecule has 1 rings (SSSR count). The second-order valence-electron chi connectivity index (χ2n) is 4.50. The van der Waals surface area contributed by atoms with Gasteiger partial charge in [0.15, 0.2) is 0 Å². The van der Waals surface area contributed by atoms with Gasteiger partial charge in [-0.3, -0.25) is 4.79 Å². The maximum Gasteiger partial charge on any atom is 0.271 e. The molecule has 0 radical (unpaired) electrons. The smallest absolute Gasteiger partial charge is 0.271 e. The molecule has 0 aromatic carbocycles. The Morgan fingerprint density at radius 2 is 1.90 bits per heavy atom. The van der Waals surface area contributed by atoms with Gasteiger partial charge in [-0.05, 0) is 19.5 Å². The van der Waals surface area contributed by atoms with Gasteiger partial charge < -0.3 is 15.5 Å². The van der Waals surface area contributed by atoms with Crippen LogP contribution in [0.2, 0.25) is 0 Å². The number of carbonyl (C=O) groups excluding carboxylic acids is 1. The molecule has 0 fully saturated rings. The summed E-state index contributed by atoms with van der Waals surface area (Å²) in [7, 11) is 0. The normalized spacial score (nSPS) is 10.6. The number of nitrogens with zero attached hydrogens (tertiary/aromatic N) is 3. The lowest BCUT2D eigenvalue weighted by atomic mass is 10.4. The second-order valence-corrected chi connectivity index (χ2v) is 4.50. The van der Waals surface area contributed by atoms with E-state index in [1.165, 1.54) is 6.20 Å². The fourth-order valence-electron chi connectivity index (χ4n) is 1.75. The third-order valence-electron chi connectivity index (χ3n) is 3.05. The van der Waals surface area contributed by atoms with Gasteiger partial charge in [-0.2, -0.15) is 0 Å². The fourth-order valence-corrected chi connectivity index (χ4v) is 1.75. The van der Waals surface area contributed by atoms with Crippen LogP contribution in [0.4, 0.5) is 5.82 Å². The van der Waals surface area contributed by atoms with Crippen molar-refractivity contribution in [2.75, 3.05) is 38.0 Å². The summed E-state index contributed by atoms with van der Waals surface area (Å²) in [5.74, 6) is 0.526. The SMILES string of the molecule is CCCNc1cnc(C(=O)NCCN(CC)CC)cn1. The molecule has 1 heterocycles. The maximum absolute atomic E-state index is 11.9. The Hall–Kier alpha value is -1.69. The highest BCUT2D eigenvalue weighted by atomic mass is 16.1. The molecule has 6 nitrogen and oxygen atoms in total. The first-order chi connectivity index (χ1) is 9.71. The highest BCUT2D eigenvalue weighted by molar-refractivity contribution is 5.91. The number of anilines is 1. The number of hydrogen-bond acceptors (Lipinski definition) is 5. The lowest BCUT2D eigenvalue weighted by Gasteiger charge is -2.17. The van der Waals surface area contributed by atoms with Crippen LogP contribution >= 0.6 is 0 Å². The molecule has 1 aromatic heterocycles. The fraction of sp³-hybridized carbons (Fsp3) is 0.643. The van der Waals surface area contributed by atoms with Crippen LogP contribution in [0.1, 0.15) is 37.7 Å². The van der Waals surface area contributed by atoms with Crippen LogP contribution in [0.25, 0.3) is 0 Å². The van der Waals surface area contributed by atoms with Gasteiger partial charge in [0.05, 0.1) is 12.4 Å². The Bertz CT molecular complexity index is 389. The number of amides is 1. The van der Waals surface area contributed by atoms with E-state index in [2.05, 4.69) is 46.3 Å². The lowest BCUT2D eigenvalue weighted by molar-refractivity contribution is 0.0943. The predicted octanol–water partition coefficient (Wildman–Crippen LogP) is 1.37. The third kappa shape index (κ3) is 5.52. The maximum atomic E-state index is 11.9. The standard InChI is InChI=1S/C14H25N5O/c1-4-7-15-13-11-17-12(10-18-13)14(20)16-8-9-19(5-2)6-3/h10-11H,4-9H2,1-3H3,(H,15,18)(H,16,20). The minimum atomic E-state index is -0.174. The van der Waals surface area contributed by atoms with Gasteiger partial charge in [0.1, 0.15) is 11.5 Å². The summed E-state index contributed by atoms with van der Waals surface area (Å²) in [6, 6.07) is 0. The molecule has 6 heteroatoms. The Morgan fingerprint density at radius 3 is 2.45 bits per heavy atom. The first-order valence-electron chi connectivity index (χ1n) is 7.27. The number of carbonyl (C=O) groups is 1. The molecule has 1 aromatic rings. The summed E-state index contributed by atoms with van der Waals surface area (Å²) in [5.41, 5.74) is 0.353. The minimum absolute atomic E-state index is 0.174. The second kappa shape index (κ2) is 9.25. The Kier molecular flexibility index (Phi) is 7.57. The summed E-state index contributed by atoms with van der Waals surface area (Å²) in [6.45, 7) is 10.6. The molecule has 0 unspecified atom stereocenters. The van der Waals surface area contributed by atoms with E-state index in [4.69, 9.17) is 0 Å². The van der Waals surface area contributed by atoms with E-state index in [9.17, 15) is 4.79 Å². The summed E-state index contributed by atoms with van der Waals surface area (Å²) in [4.78, 5) is 22.4. The van der Waals surface area contributed by atoms with Crippen molar-refractivity contribution in [1.82, 2.24) is 20.2 Å². The molecule has 1 amide bonds. The number of likely N-dealkylation sites (N-methyl/N-ethyl adjacent to an activating group) is 1. The molecular weight excluding hydrogens is 254 g/mol. The van der Waals surface area contributed by atoms with Crippen molar-refractivity contribution in [3.05, 3.63) is 18.1 Å². The number of hydrogen-bond donors (Lipinski definition) is 2. The topological polar surface area (TPSA) is 70.2 Å². The van der Waals surface area contributed by atoms with Crippen LogP contribution in [0, 0.1) is 0 Å². The van der Waals surface area contributed by atoms with E-state index in [-0.39, 0.29) is 5.91 Å². The quantitative estimate of drug-likeness (QED) is 0.714. The lowest BCUT2D eigenvalue weighted by Crippen LogP contribution is -2.35. The molecule has 0 saturated carbocycles. The van der Waals surface area contributed by atoms with Crippen molar-refractivity contribution < 1.29 is 4.79 Å². The molecule has 112 valence electrons. The number of rotatable bonds is 9. The van der Waals surface area contributed by atoms with Crippen molar-refractivity contribution in [2.24, 2.45) is 0 Å². The predicted molar refractivity (Wildman–Crippen MR) is 80.9 cm³/mol. The number of nitrogens with one attached hydrogen (secondary N) is 2. The molecule has 0 saturated heterocycles. The van der Waals surface area contributed by atoms with Crippen molar-refractivity contribution >= 4 is 11.7 Å². The molecule has 0 spiro atoms. The van der Waals surface area contributed by atoms with E-state index in [0.717, 1.165) is 32.6 Å². The molecule has 2 N–H and O–H groups in total. The number of aromatic nitrogens is 2. The monoisotopic (exact) mass is 279 g/mol. The molecular formula is C14H25N5O. The Labute approximate surface area is 121 Å². The van der Waals surface area contributed by atoms with Crippen molar-refractivity contribution in [1.29, 1.82) is 0 Å². The average molecular weight is 279 g/mol. The molecule has 0 aliphatic carbocycles. The van der Waals surface area contributed by atoms with Gasteiger partial charge >= 0.3 is 0 Å². The van der Waals surface area contributed by atoms with Crippen LogP contribution in [-0.2, 0) is 0 Å². The van der Waals surface area contributed by atoms with Crippen molar-refractivity contribution in [2.45, 2.75) is 27.2 Å². The highest BCUT2D eigenvalue weighted by Crippen LogP contribution is 2.01. The summed E-state index contributed by atoms with van der Waals surface area (Å²) in [5, 5.41) is 5.98. The van der Waals surface area contributed by atoms with Gasteiger partial charge in [-0.15, -0.1) is 0 Å².